The third kappa shape index (κ3) is 1.96. The van der Waals surface area contributed by atoms with Gasteiger partial charge in [-0.15, -0.1) is 0 Å². The van der Waals surface area contributed by atoms with Crippen LogP contribution in [0.25, 0.3) is 0 Å². The zero-order valence-electron chi connectivity index (χ0n) is 13.1. The van der Waals surface area contributed by atoms with Gasteiger partial charge >= 0.3 is 0 Å². The summed E-state index contributed by atoms with van der Waals surface area (Å²) in [6.45, 7) is 8.60. The number of nitrogens with one attached hydrogen (secondary N) is 1. The van der Waals surface area contributed by atoms with E-state index >= 15 is 0 Å². The smallest absolute Gasteiger partial charge is 0.167 e. The van der Waals surface area contributed by atoms with Crippen LogP contribution in [0.4, 0.5) is 5.69 Å². The first kappa shape index (κ1) is 14.6. The minimum Gasteiger partial charge on any atom is -0.360 e. The van der Waals surface area contributed by atoms with Gasteiger partial charge in [-0.25, -0.2) is 0 Å². The Hall–Kier alpha value is -1.28. The molecule has 2 aliphatic rings. The molecule has 112 valence electrons. The molecule has 3 rings (SSSR count). The molecule has 21 heavy (non-hydrogen) atoms. The average Bonchev–Trinajstić information content (AvgIpc) is 2.73. The maximum atomic E-state index is 12.7. The molecule has 2 saturated carbocycles. The molecule has 0 aromatic heterocycles. The molecule has 0 heterocycles. The third-order valence-corrected chi connectivity index (χ3v) is 6.20. The molecule has 2 aliphatic carbocycles. The highest BCUT2D eigenvalue weighted by atomic mass is 35.5. The van der Waals surface area contributed by atoms with Crippen molar-refractivity contribution in [1.29, 1.82) is 0 Å². The van der Waals surface area contributed by atoms with E-state index in [2.05, 4.69) is 26.1 Å². The highest BCUT2D eigenvalue weighted by Gasteiger charge is 2.63. The zero-order valence-corrected chi connectivity index (χ0v) is 13.8. The lowest BCUT2D eigenvalue weighted by Crippen LogP contribution is -2.32. The number of halogens is 1. The average molecular weight is 304 g/mol. The predicted octanol–water partition coefficient (Wildman–Crippen LogP) is 4.97. The molecule has 2 bridgehead atoms. The third-order valence-electron chi connectivity index (χ3n) is 5.87. The van der Waals surface area contributed by atoms with Crippen molar-refractivity contribution in [2.45, 2.75) is 40.5 Å². The summed E-state index contributed by atoms with van der Waals surface area (Å²) in [6.07, 6.45) is 4.00. The lowest BCUT2D eigenvalue weighted by atomic mass is 9.70. The second kappa shape index (κ2) is 4.61. The summed E-state index contributed by atoms with van der Waals surface area (Å²) in [5, 5.41) is 3.93. The van der Waals surface area contributed by atoms with Gasteiger partial charge in [-0.3, -0.25) is 4.79 Å². The molecule has 1 aromatic carbocycles. The first-order chi connectivity index (χ1) is 9.77. The van der Waals surface area contributed by atoms with Gasteiger partial charge in [-0.2, -0.15) is 0 Å². The van der Waals surface area contributed by atoms with E-state index in [0.717, 1.165) is 29.7 Å². The second-order valence-corrected chi connectivity index (χ2v) is 7.61. The fourth-order valence-corrected chi connectivity index (χ4v) is 4.17. The van der Waals surface area contributed by atoms with Crippen LogP contribution in [0.5, 0.6) is 0 Å². The van der Waals surface area contributed by atoms with Crippen molar-refractivity contribution in [2.24, 2.45) is 16.7 Å². The fourth-order valence-electron chi connectivity index (χ4n) is 4.00. The molecule has 1 aromatic rings. The molecule has 3 heteroatoms. The number of hydrogen-bond donors (Lipinski definition) is 1. The van der Waals surface area contributed by atoms with Crippen LogP contribution in [0.1, 0.15) is 39.2 Å². The molecule has 0 aliphatic heterocycles. The van der Waals surface area contributed by atoms with E-state index in [0.29, 0.717) is 16.7 Å². The minimum absolute atomic E-state index is 0.0496. The lowest BCUT2D eigenvalue weighted by Gasteiger charge is -2.31. The predicted molar refractivity (Wildman–Crippen MR) is 87.5 cm³/mol. The fraction of sp³-hybridized carbons (Fsp3) is 0.500. The summed E-state index contributed by atoms with van der Waals surface area (Å²) in [5.74, 6) is 0.658. The Bertz CT molecular complexity index is 647. The molecular weight excluding hydrogens is 282 g/mol. The Labute approximate surface area is 131 Å². The second-order valence-electron chi connectivity index (χ2n) is 7.20. The first-order valence-electron chi connectivity index (χ1n) is 7.55. The summed E-state index contributed by atoms with van der Waals surface area (Å²) in [7, 11) is 0. The van der Waals surface area contributed by atoms with Crippen molar-refractivity contribution in [3.05, 3.63) is 40.6 Å². The molecule has 2 atom stereocenters. The maximum Gasteiger partial charge on any atom is 0.167 e. The van der Waals surface area contributed by atoms with Crippen molar-refractivity contribution in [1.82, 2.24) is 0 Å². The van der Waals surface area contributed by atoms with Crippen molar-refractivity contribution < 1.29 is 4.79 Å². The summed E-state index contributed by atoms with van der Waals surface area (Å²) >= 11 is 6.20. The summed E-state index contributed by atoms with van der Waals surface area (Å²) in [5.41, 5.74) is 2.79. The van der Waals surface area contributed by atoms with Crippen LogP contribution >= 0.6 is 11.6 Å². The highest BCUT2D eigenvalue weighted by Crippen LogP contribution is 2.65. The van der Waals surface area contributed by atoms with E-state index in [1.54, 1.807) is 0 Å². The lowest BCUT2D eigenvalue weighted by molar-refractivity contribution is -0.125. The molecule has 2 nitrogen and oxygen atoms in total. The Balaban J connectivity index is 1.92. The molecular formula is C18H22ClNO. The van der Waals surface area contributed by atoms with Gasteiger partial charge in [0.05, 0.1) is 10.7 Å². The number of allylic oxidation sites excluding steroid dienone is 1. The van der Waals surface area contributed by atoms with E-state index in [1.807, 2.05) is 31.3 Å². The highest BCUT2D eigenvalue weighted by molar-refractivity contribution is 6.33. The molecule has 0 unspecified atom stereocenters. The largest absolute Gasteiger partial charge is 0.360 e. The monoisotopic (exact) mass is 303 g/mol. The van der Waals surface area contributed by atoms with E-state index in [1.165, 1.54) is 0 Å². The van der Waals surface area contributed by atoms with Gasteiger partial charge in [0, 0.05) is 17.2 Å². The van der Waals surface area contributed by atoms with Crippen molar-refractivity contribution >= 4 is 23.1 Å². The van der Waals surface area contributed by atoms with Crippen molar-refractivity contribution in [3.63, 3.8) is 0 Å². The summed E-state index contributed by atoms with van der Waals surface area (Å²) < 4.78 is 0. The van der Waals surface area contributed by atoms with Gasteiger partial charge in [0.1, 0.15) is 0 Å². The quantitative estimate of drug-likeness (QED) is 0.782. The van der Waals surface area contributed by atoms with Gasteiger partial charge in [0.25, 0.3) is 0 Å². The van der Waals surface area contributed by atoms with E-state index in [-0.39, 0.29) is 10.8 Å². The Morgan fingerprint density at radius 1 is 1.33 bits per heavy atom. The SMILES string of the molecule is Cc1ccc(Cl)c(N/C=C2\C(=O)[C@]3(C)CC[C@H]2C3(C)C)c1. The number of fused-ring (bicyclic) bond motifs is 2. The molecule has 1 N–H and O–H groups in total. The molecule has 0 radical (unpaired) electrons. The summed E-state index contributed by atoms with van der Waals surface area (Å²) in [4.78, 5) is 12.7. The van der Waals surface area contributed by atoms with Crippen LogP contribution in [-0.2, 0) is 4.79 Å². The molecule has 0 saturated heterocycles. The van der Waals surface area contributed by atoms with Crippen LogP contribution in [0, 0.1) is 23.7 Å². The van der Waals surface area contributed by atoms with Crippen molar-refractivity contribution in [3.8, 4) is 0 Å². The van der Waals surface area contributed by atoms with Gasteiger partial charge < -0.3 is 5.32 Å². The Kier molecular flexibility index (Phi) is 3.21. The number of benzene rings is 1. The van der Waals surface area contributed by atoms with Crippen LogP contribution in [0.15, 0.2) is 30.0 Å². The zero-order chi connectivity index (χ0) is 15.4. The van der Waals surface area contributed by atoms with Crippen LogP contribution in [0.3, 0.4) is 0 Å². The van der Waals surface area contributed by atoms with Crippen LogP contribution < -0.4 is 5.32 Å². The van der Waals surface area contributed by atoms with Crippen molar-refractivity contribution in [2.75, 3.05) is 5.32 Å². The van der Waals surface area contributed by atoms with E-state index < -0.39 is 0 Å². The normalized spacial score (nSPS) is 32.0. The van der Waals surface area contributed by atoms with Crippen LogP contribution in [0.2, 0.25) is 5.02 Å². The van der Waals surface area contributed by atoms with Gasteiger partial charge in [-0.1, -0.05) is 38.4 Å². The number of rotatable bonds is 2. The number of hydrogen-bond acceptors (Lipinski definition) is 2. The first-order valence-corrected chi connectivity index (χ1v) is 7.93. The minimum atomic E-state index is -0.207. The topological polar surface area (TPSA) is 29.1 Å². The summed E-state index contributed by atoms with van der Waals surface area (Å²) in [6, 6.07) is 5.86. The Morgan fingerprint density at radius 2 is 2.05 bits per heavy atom. The van der Waals surface area contributed by atoms with E-state index in [4.69, 9.17) is 11.6 Å². The van der Waals surface area contributed by atoms with Gasteiger partial charge in [0.2, 0.25) is 0 Å². The number of anilines is 1. The standard InChI is InChI=1S/C18H22ClNO/c1-11-5-6-14(19)15(9-11)20-10-12-13-7-8-18(4,16(12)21)17(13,2)3/h5-6,9-10,13,20H,7-8H2,1-4H3/b12-10-/t13-,18+/m1/s1. The van der Waals surface area contributed by atoms with E-state index in [9.17, 15) is 4.79 Å². The molecule has 0 amide bonds. The number of aryl methyl sites for hydroxylation is 1. The maximum absolute atomic E-state index is 12.7. The van der Waals surface area contributed by atoms with Crippen LogP contribution in [-0.4, -0.2) is 5.78 Å². The van der Waals surface area contributed by atoms with Gasteiger partial charge in [-0.05, 0) is 48.8 Å². The Morgan fingerprint density at radius 3 is 2.67 bits per heavy atom. The van der Waals surface area contributed by atoms with Gasteiger partial charge in [0.15, 0.2) is 5.78 Å². The number of ketones is 1. The number of Topliss-reactive ketones (excluding diaryl/α,β-unsaturated/α-hetero) is 1. The molecule has 2 fully saturated rings. The number of carbonyl (C=O) groups is 1. The molecule has 0 spiro atoms. The number of carbonyl (C=O) groups excluding carboxylic acids is 1.